The number of piperazine rings is 1. The molecule has 0 bridgehead atoms. The van der Waals surface area contributed by atoms with Crippen molar-refractivity contribution in [1.29, 1.82) is 0 Å². The van der Waals surface area contributed by atoms with Gasteiger partial charge in [0.05, 0.1) is 18.2 Å². The average molecular weight is 309 g/mol. The number of alkyl halides is 3. The first kappa shape index (κ1) is 15.6. The third-order valence-corrected chi connectivity index (χ3v) is 3.79. The minimum absolute atomic E-state index is 0.0360. The molecule has 112 valence electrons. The zero-order valence-corrected chi connectivity index (χ0v) is 11.5. The molecule has 1 aromatic carbocycles. The van der Waals surface area contributed by atoms with Crippen molar-refractivity contribution in [3.8, 4) is 0 Å². The second kappa shape index (κ2) is 6.30. The van der Waals surface area contributed by atoms with Gasteiger partial charge in [0.25, 0.3) is 0 Å². The number of hydrogen-bond donors (Lipinski definition) is 2. The van der Waals surface area contributed by atoms with Crippen LogP contribution in [-0.4, -0.2) is 42.8 Å². The molecule has 2 N–H and O–H groups in total. The topological polar surface area (TPSA) is 35.5 Å². The second-order valence-electron chi connectivity index (χ2n) is 4.68. The van der Waals surface area contributed by atoms with Gasteiger partial charge in [-0.3, -0.25) is 4.90 Å². The van der Waals surface area contributed by atoms with E-state index in [0.717, 1.165) is 6.07 Å². The van der Waals surface area contributed by atoms with Crippen molar-refractivity contribution in [3.05, 3.63) is 34.3 Å². The zero-order chi connectivity index (χ0) is 14.8. The number of rotatable bonds is 3. The standard InChI is InChI=1S/C13H16ClF3N2O/c14-10-3-1-2-9(13(15,16)17)12(10)11(8-20)19-6-4-18-5-7-19/h1-3,11,18,20H,4-8H2/t11-/m0/s1. The minimum Gasteiger partial charge on any atom is -0.394 e. The zero-order valence-electron chi connectivity index (χ0n) is 10.8. The summed E-state index contributed by atoms with van der Waals surface area (Å²) in [4.78, 5) is 1.83. The van der Waals surface area contributed by atoms with Gasteiger partial charge in [0.2, 0.25) is 0 Å². The molecule has 3 nitrogen and oxygen atoms in total. The maximum Gasteiger partial charge on any atom is 0.416 e. The van der Waals surface area contributed by atoms with Gasteiger partial charge in [-0.15, -0.1) is 0 Å². The lowest BCUT2D eigenvalue weighted by Crippen LogP contribution is -2.46. The highest BCUT2D eigenvalue weighted by Gasteiger charge is 2.37. The fourth-order valence-corrected chi connectivity index (χ4v) is 2.81. The Hall–Kier alpha value is -0.820. The Kier molecular flexibility index (Phi) is 4.90. The molecule has 1 saturated heterocycles. The predicted molar refractivity (Wildman–Crippen MR) is 70.7 cm³/mol. The first-order valence-electron chi connectivity index (χ1n) is 6.36. The van der Waals surface area contributed by atoms with E-state index in [2.05, 4.69) is 5.32 Å². The van der Waals surface area contributed by atoms with E-state index < -0.39 is 24.4 Å². The molecular weight excluding hydrogens is 293 g/mol. The van der Waals surface area contributed by atoms with E-state index in [1.54, 1.807) is 0 Å². The van der Waals surface area contributed by atoms with E-state index in [1.165, 1.54) is 12.1 Å². The SMILES string of the molecule is OC[C@@H](c1c(Cl)cccc1C(F)(F)F)N1CCNCC1. The highest BCUT2D eigenvalue weighted by Crippen LogP contribution is 2.39. The van der Waals surface area contributed by atoms with Gasteiger partial charge in [0.15, 0.2) is 0 Å². The number of nitrogens with zero attached hydrogens (tertiary/aromatic N) is 1. The van der Waals surface area contributed by atoms with Crippen molar-refractivity contribution < 1.29 is 18.3 Å². The van der Waals surface area contributed by atoms with Gasteiger partial charge in [-0.05, 0) is 12.1 Å². The molecule has 0 aromatic heterocycles. The van der Waals surface area contributed by atoms with Crippen LogP contribution in [0.5, 0.6) is 0 Å². The Morgan fingerprint density at radius 1 is 1.30 bits per heavy atom. The molecule has 0 saturated carbocycles. The number of hydrogen-bond acceptors (Lipinski definition) is 3. The fraction of sp³-hybridized carbons (Fsp3) is 0.538. The van der Waals surface area contributed by atoms with Crippen molar-refractivity contribution in [2.24, 2.45) is 0 Å². The van der Waals surface area contributed by atoms with E-state index in [4.69, 9.17) is 11.6 Å². The van der Waals surface area contributed by atoms with Crippen LogP contribution in [0, 0.1) is 0 Å². The fourth-order valence-electron chi connectivity index (χ4n) is 2.51. The highest BCUT2D eigenvalue weighted by atomic mass is 35.5. The maximum absolute atomic E-state index is 13.1. The molecular formula is C13H16ClF3N2O. The molecule has 20 heavy (non-hydrogen) atoms. The van der Waals surface area contributed by atoms with Crippen LogP contribution >= 0.6 is 11.6 Å². The molecule has 1 atom stereocenters. The third-order valence-electron chi connectivity index (χ3n) is 3.46. The number of nitrogens with one attached hydrogen (secondary N) is 1. The van der Waals surface area contributed by atoms with Crippen molar-refractivity contribution in [2.75, 3.05) is 32.8 Å². The number of benzene rings is 1. The third kappa shape index (κ3) is 3.25. The van der Waals surface area contributed by atoms with Gasteiger partial charge < -0.3 is 10.4 Å². The summed E-state index contributed by atoms with van der Waals surface area (Å²) >= 11 is 5.97. The number of aliphatic hydroxyl groups excluding tert-OH is 1. The Morgan fingerprint density at radius 3 is 2.50 bits per heavy atom. The summed E-state index contributed by atoms with van der Waals surface area (Å²) in [6, 6.07) is 2.98. The molecule has 1 aliphatic rings. The predicted octanol–water partition coefficient (Wildman–Crippen LogP) is 2.30. The van der Waals surface area contributed by atoms with Crippen LogP contribution in [0.25, 0.3) is 0 Å². The molecule has 1 aliphatic heterocycles. The molecule has 2 rings (SSSR count). The normalized spacial score (nSPS) is 19.1. The Balaban J connectivity index is 2.42. The lowest BCUT2D eigenvalue weighted by molar-refractivity contribution is -0.139. The van der Waals surface area contributed by atoms with E-state index in [0.29, 0.717) is 26.2 Å². The molecule has 7 heteroatoms. The summed E-state index contributed by atoms with van der Waals surface area (Å²) in [5.74, 6) is 0. The highest BCUT2D eigenvalue weighted by molar-refractivity contribution is 6.31. The smallest absolute Gasteiger partial charge is 0.394 e. The summed E-state index contributed by atoms with van der Waals surface area (Å²) in [6.45, 7) is 2.12. The van der Waals surface area contributed by atoms with Crippen molar-refractivity contribution in [3.63, 3.8) is 0 Å². The van der Waals surface area contributed by atoms with E-state index in [-0.39, 0.29) is 10.6 Å². The van der Waals surface area contributed by atoms with Gasteiger partial charge in [0.1, 0.15) is 0 Å². The molecule has 1 heterocycles. The molecule has 0 radical (unpaired) electrons. The van der Waals surface area contributed by atoms with Gasteiger partial charge >= 0.3 is 6.18 Å². The molecule has 1 aromatic rings. The maximum atomic E-state index is 13.1. The summed E-state index contributed by atoms with van der Waals surface area (Å²) < 4.78 is 39.4. The molecule has 0 unspecified atom stereocenters. The minimum atomic E-state index is -4.48. The van der Waals surface area contributed by atoms with Crippen LogP contribution in [0.2, 0.25) is 5.02 Å². The van der Waals surface area contributed by atoms with E-state index in [1.807, 2.05) is 4.90 Å². The van der Waals surface area contributed by atoms with Crippen molar-refractivity contribution in [2.45, 2.75) is 12.2 Å². The summed E-state index contributed by atoms with van der Waals surface area (Å²) in [7, 11) is 0. The van der Waals surface area contributed by atoms with E-state index in [9.17, 15) is 18.3 Å². The van der Waals surface area contributed by atoms with Crippen LogP contribution < -0.4 is 5.32 Å². The first-order valence-corrected chi connectivity index (χ1v) is 6.74. The Morgan fingerprint density at radius 2 is 1.95 bits per heavy atom. The monoisotopic (exact) mass is 308 g/mol. The van der Waals surface area contributed by atoms with Gasteiger partial charge in [0, 0.05) is 36.8 Å². The summed E-state index contributed by atoms with van der Waals surface area (Å²) in [6.07, 6.45) is -4.48. The molecule has 0 amide bonds. The van der Waals surface area contributed by atoms with Crippen molar-refractivity contribution >= 4 is 11.6 Å². The van der Waals surface area contributed by atoms with Crippen LogP contribution in [0.1, 0.15) is 17.2 Å². The Bertz CT molecular complexity index is 461. The molecule has 0 spiro atoms. The average Bonchev–Trinajstić information content (AvgIpc) is 2.41. The van der Waals surface area contributed by atoms with E-state index >= 15 is 0 Å². The lowest BCUT2D eigenvalue weighted by atomic mass is 9.98. The Labute approximate surface area is 120 Å². The number of halogens is 4. The summed E-state index contributed by atoms with van der Waals surface area (Å²) in [5.41, 5.74) is -0.811. The van der Waals surface area contributed by atoms with Gasteiger partial charge in [-0.2, -0.15) is 13.2 Å². The second-order valence-corrected chi connectivity index (χ2v) is 5.09. The quantitative estimate of drug-likeness (QED) is 0.899. The van der Waals surface area contributed by atoms with Gasteiger partial charge in [-0.1, -0.05) is 17.7 Å². The summed E-state index contributed by atoms with van der Waals surface area (Å²) in [5, 5.41) is 12.7. The lowest BCUT2D eigenvalue weighted by Gasteiger charge is -2.35. The van der Waals surface area contributed by atoms with Gasteiger partial charge in [-0.25, -0.2) is 0 Å². The molecule has 0 aliphatic carbocycles. The van der Waals surface area contributed by atoms with Crippen LogP contribution in [0.15, 0.2) is 18.2 Å². The largest absolute Gasteiger partial charge is 0.416 e. The van der Waals surface area contributed by atoms with Crippen LogP contribution in [-0.2, 0) is 6.18 Å². The first-order chi connectivity index (χ1) is 9.45. The van der Waals surface area contributed by atoms with Crippen LogP contribution in [0.3, 0.4) is 0 Å². The van der Waals surface area contributed by atoms with Crippen LogP contribution in [0.4, 0.5) is 13.2 Å². The van der Waals surface area contributed by atoms with Crippen molar-refractivity contribution in [1.82, 2.24) is 10.2 Å². The number of aliphatic hydroxyl groups is 1. The molecule has 1 fully saturated rings.